The van der Waals surface area contributed by atoms with Crippen LogP contribution in [-0.2, 0) is 0 Å². The molecular formula is C16H27N3OS. The first-order valence-electron chi connectivity index (χ1n) is 7.56. The number of nitrogens with one attached hydrogen (secondary N) is 1. The van der Waals surface area contributed by atoms with Gasteiger partial charge in [-0.2, -0.15) is 0 Å². The fraction of sp³-hybridized carbons (Fsp3) is 0.562. The molecule has 2 amide bonds. The number of carbonyl (C=O) groups excluding carboxylic acids is 1. The second-order valence-corrected chi connectivity index (χ2v) is 5.64. The molecule has 0 radical (unpaired) electrons. The summed E-state index contributed by atoms with van der Waals surface area (Å²) in [5.74, 6) is 0. The van der Waals surface area contributed by atoms with Gasteiger partial charge in [-0.15, -0.1) is 11.8 Å². The molecule has 118 valence electrons. The summed E-state index contributed by atoms with van der Waals surface area (Å²) in [5, 5.41) is 2.96. The lowest BCUT2D eigenvalue weighted by molar-refractivity contribution is 0.200. The summed E-state index contributed by atoms with van der Waals surface area (Å²) in [6.07, 6.45) is 2.04. The van der Waals surface area contributed by atoms with E-state index in [4.69, 9.17) is 0 Å². The fourth-order valence-electron chi connectivity index (χ4n) is 2.08. The number of rotatable bonds is 8. The molecule has 0 spiro atoms. The number of amides is 2. The highest BCUT2D eigenvalue weighted by Crippen LogP contribution is 2.17. The molecule has 0 fully saturated rings. The van der Waals surface area contributed by atoms with E-state index in [1.807, 2.05) is 42.3 Å². The van der Waals surface area contributed by atoms with E-state index in [0.717, 1.165) is 38.4 Å². The maximum atomic E-state index is 12.3. The molecule has 1 aromatic carbocycles. The molecule has 0 heterocycles. The predicted octanol–water partition coefficient (Wildman–Crippen LogP) is 3.60. The third-order valence-corrected chi connectivity index (χ3v) is 4.33. The molecule has 0 aliphatic carbocycles. The van der Waals surface area contributed by atoms with Crippen LogP contribution in [0.4, 0.5) is 10.5 Å². The van der Waals surface area contributed by atoms with Crippen molar-refractivity contribution in [1.82, 2.24) is 9.80 Å². The molecule has 1 aromatic rings. The topological polar surface area (TPSA) is 35.6 Å². The van der Waals surface area contributed by atoms with Crippen molar-refractivity contribution in [2.24, 2.45) is 0 Å². The number of carbonyl (C=O) groups is 1. The zero-order valence-electron chi connectivity index (χ0n) is 13.6. The average molecular weight is 309 g/mol. The molecule has 0 atom stereocenters. The maximum Gasteiger partial charge on any atom is 0.321 e. The number of likely N-dealkylation sites (N-methyl/N-ethyl adjacent to an activating group) is 2. The normalized spacial score (nSPS) is 10.7. The summed E-state index contributed by atoms with van der Waals surface area (Å²) in [6, 6.07) is 7.91. The van der Waals surface area contributed by atoms with Gasteiger partial charge in [-0.1, -0.05) is 13.8 Å². The number of nitrogens with zero attached hydrogens (tertiary/aromatic N) is 2. The summed E-state index contributed by atoms with van der Waals surface area (Å²) in [5.41, 5.74) is 0.846. The van der Waals surface area contributed by atoms with Crippen LogP contribution in [-0.4, -0.2) is 54.8 Å². The van der Waals surface area contributed by atoms with Crippen LogP contribution < -0.4 is 5.32 Å². The molecule has 0 saturated carbocycles. The molecule has 0 aromatic heterocycles. The number of thioether (sulfide) groups is 1. The molecule has 5 heteroatoms. The Morgan fingerprint density at radius 2 is 1.67 bits per heavy atom. The molecule has 0 bridgehead atoms. The van der Waals surface area contributed by atoms with Crippen LogP contribution >= 0.6 is 11.8 Å². The van der Waals surface area contributed by atoms with Crippen LogP contribution in [0, 0.1) is 0 Å². The molecule has 4 nitrogen and oxygen atoms in total. The zero-order valence-corrected chi connectivity index (χ0v) is 14.4. The predicted molar refractivity (Wildman–Crippen MR) is 92.3 cm³/mol. The van der Waals surface area contributed by atoms with Crippen molar-refractivity contribution in [3.63, 3.8) is 0 Å². The van der Waals surface area contributed by atoms with Gasteiger partial charge in [-0.3, -0.25) is 0 Å². The van der Waals surface area contributed by atoms with Gasteiger partial charge in [0.1, 0.15) is 0 Å². The van der Waals surface area contributed by atoms with Gasteiger partial charge in [0.15, 0.2) is 0 Å². The summed E-state index contributed by atoms with van der Waals surface area (Å²) >= 11 is 1.69. The minimum Gasteiger partial charge on any atom is -0.324 e. The largest absolute Gasteiger partial charge is 0.324 e. The lowest BCUT2D eigenvalue weighted by Gasteiger charge is -2.25. The van der Waals surface area contributed by atoms with Gasteiger partial charge >= 0.3 is 6.03 Å². The SMILES string of the molecule is CCN(CC)CCN(CC)C(=O)Nc1ccc(SC)cc1. The second kappa shape index (κ2) is 9.68. The van der Waals surface area contributed by atoms with Crippen molar-refractivity contribution in [1.29, 1.82) is 0 Å². The van der Waals surface area contributed by atoms with Crippen LogP contribution in [0.3, 0.4) is 0 Å². The Balaban J connectivity index is 2.53. The van der Waals surface area contributed by atoms with Gasteiger partial charge in [0.25, 0.3) is 0 Å². The van der Waals surface area contributed by atoms with Crippen LogP contribution in [0.5, 0.6) is 0 Å². The van der Waals surface area contributed by atoms with E-state index in [-0.39, 0.29) is 6.03 Å². The summed E-state index contributed by atoms with van der Waals surface area (Å²) in [4.78, 5) is 17.6. The van der Waals surface area contributed by atoms with Gasteiger partial charge in [0, 0.05) is 30.2 Å². The quantitative estimate of drug-likeness (QED) is 0.745. The summed E-state index contributed by atoms with van der Waals surface area (Å²) < 4.78 is 0. The standard InChI is InChI=1S/C16H27N3OS/c1-5-18(6-2)12-13-19(7-3)16(20)17-14-8-10-15(21-4)11-9-14/h8-11H,5-7,12-13H2,1-4H3,(H,17,20). The van der Waals surface area contributed by atoms with E-state index in [0.29, 0.717) is 0 Å². The van der Waals surface area contributed by atoms with E-state index in [1.54, 1.807) is 11.8 Å². The Kier molecular flexibility index (Phi) is 8.23. The fourth-order valence-corrected chi connectivity index (χ4v) is 2.49. The van der Waals surface area contributed by atoms with E-state index in [9.17, 15) is 4.79 Å². The Morgan fingerprint density at radius 1 is 1.05 bits per heavy atom. The monoisotopic (exact) mass is 309 g/mol. The Morgan fingerprint density at radius 3 is 2.14 bits per heavy atom. The van der Waals surface area contributed by atoms with E-state index in [1.165, 1.54) is 4.90 Å². The van der Waals surface area contributed by atoms with Gasteiger partial charge < -0.3 is 15.1 Å². The highest BCUT2D eigenvalue weighted by molar-refractivity contribution is 7.98. The van der Waals surface area contributed by atoms with Gasteiger partial charge in [-0.05, 0) is 50.5 Å². The third kappa shape index (κ3) is 5.98. The molecule has 1 N–H and O–H groups in total. The van der Waals surface area contributed by atoms with Gasteiger partial charge in [-0.25, -0.2) is 4.79 Å². The van der Waals surface area contributed by atoms with Crippen molar-refractivity contribution in [3.05, 3.63) is 24.3 Å². The second-order valence-electron chi connectivity index (χ2n) is 4.77. The number of hydrogen-bond acceptors (Lipinski definition) is 3. The first-order chi connectivity index (χ1) is 10.1. The smallest absolute Gasteiger partial charge is 0.321 e. The zero-order chi connectivity index (χ0) is 15.7. The van der Waals surface area contributed by atoms with Crippen molar-refractivity contribution < 1.29 is 4.79 Å². The highest BCUT2D eigenvalue weighted by atomic mass is 32.2. The first kappa shape index (κ1) is 17.9. The number of benzene rings is 1. The van der Waals surface area contributed by atoms with E-state index in [2.05, 4.69) is 24.1 Å². The minimum atomic E-state index is -0.0263. The Hall–Kier alpha value is -1.20. The lowest BCUT2D eigenvalue weighted by atomic mass is 10.3. The number of anilines is 1. The number of hydrogen-bond donors (Lipinski definition) is 1. The van der Waals surface area contributed by atoms with Crippen LogP contribution in [0.25, 0.3) is 0 Å². The molecule has 0 aliphatic rings. The lowest BCUT2D eigenvalue weighted by Crippen LogP contribution is -2.40. The van der Waals surface area contributed by atoms with Gasteiger partial charge in [0.2, 0.25) is 0 Å². The van der Waals surface area contributed by atoms with Crippen molar-refractivity contribution in [2.45, 2.75) is 25.7 Å². The average Bonchev–Trinajstić information content (AvgIpc) is 2.52. The van der Waals surface area contributed by atoms with Crippen LogP contribution in [0.1, 0.15) is 20.8 Å². The summed E-state index contributed by atoms with van der Waals surface area (Å²) in [6.45, 7) is 10.7. The van der Waals surface area contributed by atoms with Crippen molar-refractivity contribution in [2.75, 3.05) is 44.3 Å². The van der Waals surface area contributed by atoms with Crippen molar-refractivity contribution >= 4 is 23.5 Å². The number of urea groups is 1. The molecule has 1 rings (SSSR count). The highest BCUT2D eigenvalue weighted by Gasteiger charge is 2.12. The molecular weight excluding hydrogens is 282 g/mol. The maximum absolute atomic E-state index is 12.3. The van der Waals surface area contributed by atoms with Crippen LogP contribution in [0.15, 0.2) is 29.2 Å². The minimum absolute atomic E-state index is 0.0263. The Bertz CT molecular complexity index is 418. The third-order valence-electron chi connectivity index (χ3n) is 3.59. The van der Waals surface area contributed by atoms with Crippen molar-refractivity contribution in [3.8, 4) is 0 Å². The molecule has 0 saturated heterocycles. The van der Waals surface area contributed by atoms with E-state index < -0.39 is 0 Å². The molecule has 0 aliphatic heterocycles. The van der Waals surface area contributed by atoms with Crippen LogP contribution in [0.2, 0.25) is 0 Å². The molecule has 0 unspecified atom stereocenters. The Labute approximate surface area is 132 Å². The molecule has 21 heavy (non-hydrogen) atoms. The summed E-state index contributed by atoms with van der Waals surface area (Å²) in [7, 11) is 0. The van der Waals surface area contributed by atoms with E-state index >= 15 is 0 Å². The van der Waals surface area contributed by atoms with Gasteiger partial charge in [0.05, 0.1) is 0 Å². The first-order valence-corrected chi connectivity index (χ1v) is 8.79.